The van der Waals surface area contributed by atoms with Crippen LogP contribution in [0.25, 0.3) is 0 Å². The Bertz CT molecular complexity index is 720. The molecule has 0 saturated heterocycles. The van der Waals surface area contributed by atoms with Crippen LogP contribution in [0.1, 0.15) is 11.1 Å². The lowest BCUT2D eigenvalue weighted by molar-refractivity contribution is 0.376. The molecule has 0 spiro atoms. The summed E-state index contributed by atoms with van der Waals surface area (Å²) in [6.45, 7) is 0. The van der Waals surface area contributed by atoms with Crippen molar-refractivity contribution < 1.29 is 9.47 Å². The van der Waals surface area contributed by atoms with Gasteiger partial charge in [-0.3, -0.25) is 9.78 Å². The van der Waals surface area contributed by atoms with Gasteiger partial charge in [-0.15, -0.1) is 11.8 Å². The molecule has 0 aliphatic heterocycles. The van der Waals surface area contributed by atoms with Crippen LogP contribution in [0.3, 0.4) is 0 Å². The Morgan fingerprint density at radius 1 is 1.23 bits per heavy atom. The minimum atomic E-state index is -0.350. The standard InChI is InChI=1S/C14H18N4O3S/c1-20-9-5-7(6-10(21-2)11(9)22-3)4-8-12(15)17-14(16)18-13(8)19/h5-6H,4H2,1-3H3,(H5,15,16,17,18,19). The predicted octanol–water partition coefficient (Wildman–Crippen LogP) is 1.26. The van der Waals surface area contributed by atoms with Crippen molar-refractivity contribution >= 4 is 23.5 Å². The molecular weight excluding hydrogens is 304 g/mol. The van der Waals surface area contributed by atoms with Gasteiger partial charge in [0.2, 0.25) is 5.95 Å². The number of nitrogen functional groups attached to an aromatic ring is 2. The van der Waals surface area contributed by atoms with Crippen molar-refractivity contribution in [3.63, 3.8) is 0 Å². The van der Waals surface area contributed by atoms with E-state index in [2.05, 4.69) is 9.97 Å². The summed E-state index contributed by atoms with van der Waals surface area (Å²) in [6, 6.07) is 3.70. The highest BCUT2D eigenvalue weighted by Crippen LogP contribution is 2.38. The maximum absolute atomic E-state index is 12.0. The van der Waals surface area contributed by atoms with E-state index < -0.39 is 0 Å². The molecule has 0 radical (unpaired) electrons. The topological polar surface area (TPSA) is 116 Å². The van der Waals surface area contributed by atoms with Crippen LogP contribution >= 0.6 is 11.8 Å². The lowest BCUT2D eigenvalue weighted by atomic mass is 10.1. The van der Waals surface area contributed by atoms with Gasteiger partial charge in [0, 0.05) is 6.42 Å². The molecule has 5 N–H and O–H groups in total. The third kappa shape index (κ3) is 3.11. The summed E-state index contributed by atoms with van der Waals surface area (Å²) in [5.41, 5.74) is 12.1. The average molecular weight is 322 g/mol. The van der Waals surface area contributed by atoms with E-state index >= 15 is 0 Å². The molecule has 1 aromatic heterocycles. The number of nitrogens with one attached hydrogen (secondary N) is 1. The molecule has 0 fully saturated rings. The zero-order valence-corrected chi connectivity index (χ0v) is 13.4. The number of nitrogens with zero attached hydrogens (tertiary/aromatic N) is 1. The smallest absolute Gasteiger partial charge is 0.257 e. The summed E-state index contributed by atoms with van der Waals surface area (Å²) < 4.78 is 10.8. The van der Waals surface area contributed by atoms with Crippen LogP contribution in [-0.2, 0) is 6.42 Å². The first kappa shape index (κ1) is 16.0. The predicted molar refractivity (Wildman–Crippen MR) is 87.8 cm³/mol. The molecule has 1 heterocycles. The number of anilines is 2. The van der Waals surface area contributed by atoms with E-state index in [9.17, 15) is 4.79 Å². The first-order valence-electron chi connectivity index (χ1n) is 6.43. The zero-order chi connectivity index (χ0) is 16.3. The summed E-state index contributed by atoms with van der Waals surface area (Å²) in [4.78, 5) is 19.2. The Morgan fingerprint density at radius 3 is 2.27 bits per heavy atom. The molecule has 0 aliphatic rings. The van der Waals surface area contributed by atoms with Crippen LogP contribution in [0.15, 0.2) is 21.8 Å². The Hall–Kier alpha value is -2.35. The number of hydrogen-bond acceptors (Lipinski definition) is 7. The third-order valence-electron chi connectivity index (χ3n) is 3.17. The summed E-state index contributed by atoms with van der Waals surface area (Å²) in [5, 5.41) is 0. The number of hydrogen-bond donors (Lipinski definition) is 3. The van der Waals surface area contributed by atoms with Crippen LogP contribution in [0, 0.1) is 0 Å². The third-order valence-corrected chi connectivity index (χ3v) is 3.98. The number of H-pyrrole nitrogens is 1. The van der Waals surface area contributed by atoms with Gasteiger partial charge < -0.3 is 20.9 Å². The van der Waals surface area contributed by atoms with E-state index in [-0.39, 0.29) is 17.3 Å². The molecule has 0 amide bonds. The molecule has 0 unspecified atom stereocenters. The fourth-order valence-corrected chi connectivity index (χ4v) is 2.83. The van der Waals surface area contributed by atoms with Crippen LogP contribution in [0.2, 0.25) is 0 Å². The second kappa shape index (κ2) is 6.61. The van der Waals surface area contributed by atoms with Gasteiger partial charge in [0.25, 0.3) is 5.56 Å². The molecule has 2 aromatic rings. The van der Waals surface area contributed by atoms with Gasteiger partial charge in [0.05, 0.1) is 24.7 Å². The summed E-state index contributed by atoms with van der Waals surface area (Å²) in [7, 11) is 3.18. The number of methoxy groups -OCH3 is 2. The van der Waals surface area contributed by atoms with E-state index in [1.165, 1.54) is 11.8 Å². The number of thioether (sulfide) groups is 1. The van der Waals surface area contributed by atoms with E-state index in [0.717, 1.165) is 10.5 Å². The van der Waals surface area contributed by atoms with Crippen LogP contribution < -0.4 is 26.5 Å². The van der Waals surface area contributed by atoms with Gasteiger partial charge in [-0.25, -0.2) is 0 Å². The minimum Gasteiger partial charge on any atom is -0.495 e. The normalized spacial score (nSPS) is 10.5. The molecular formula is C14H18N4O3S. The van der Waals surface area contributed by atoms with Crippen molar-refractivity contribution in [2.75, 3.05) is 31.9 Å². The highest BCUT2D eigenvalue weighted by molar-refractivity contribution is 7.98. The number of rotatable bonds is 5. The van der Waals surface area contributed by atoms with Crippen LogP contribution in [0.4, 0.5) is 11.8 Å². The molecule has 0 saturated carbocycles. The quantitative estimate of drug-likeness (QED) is 0.710. The number of benzene rings is 1. The average Bonchev–Trinajstić information content (AvgIpc) is 2.49. The fraction of sp³-hybridized carbons (Fsp3) is 0.286. The second-order valence-electron chi connectivity index (χ2n) is 4.53. The number of ether oxygens (including phenoxy) is 2. The zero-order valence-electron chi connectivity index (χ0n) is 12.6. The maximum atomic E-state index is 12.0. The van der Waals surface area contributed by atoms with Crippen molar-refractivity contribution in [3.8, 4) is 11.5 Å². The Labute approximate surface area is 132 Å². The minimum absolute atomic E-state index is 0.000794. The Kier molecular flexibility index (Phi) is 4.81. The molecule has 0 bridgehead atoms. The van der Waals surface area contributed by atoms with Gasteiger partial charge in [0.15, 0.2) is 0 Å². The summed E-state index contributed by atoms with van der Waals surface area (Å²) in [6.07, 6.45) is 2.24. The van der Waals surface area contributed by atoms with E-state index in [1.807, 2.05) is 18.4 Å². The van der Waals surface area contributed by atoms with Crippen molar-refractivity contribution in [1.82, 2.24) is 9.97 Å². The second-order valence-corrected chi connectivity index (χ2v) is 5.34. The fourth-order valence-electron chi connectivity index (χ4n) is 2.15. The molecule has 7 nitrogen and oxygen atoms in total. The first-order valence-corrected chi connectivity index (χ1v) is 7.65. The van der Waals surface area contributed by atoms with Gasteiger partial charge in [-0.2, -0.15) is 4.98 Å². The van der Waals surface area contributed by atoms with Gasteiger partial charge >= 0.3 is 0 Å². The number of aromatic nitrogens is 2. The largest absolute Gasteiger partial charge is 0.495 e. The molecule has 2 rings (SSSR count). The van der Waals surface area contributed by atoms with E-state index in [1.54, 1.807) is 14.2 Å². The van der Waals surface area contributed by atoms with Gasteiger partial charge in [-0.05, 0) is 24.0 Å². The highest BCUT2D eigenvalue weighted by atomic mass is 32.2. The first-order chi connectivity index (χ1) is 10.5. The molecule has 0 atom stereocenters. The number of nitrogens with two attached hydrogens (primary N) is 2. The van der Waals surface area contributed by atoms with Crippen LogP contribution in [-0.4, -0.2) is 30.4 Å². The lowest BCUT2D eigenvalue weighted by Crippen LogP contribution is -2.19. The molecule has 1 aromatic carbocycles. The Morgan fingerprint density at radius 2 is 1.82 bits per heavy atom. The van der Waals surface area contributed by atoms with Gasteiger partial charge in [0.1, 0.15) is 17.3 Å². The maximum Gasteiger partial charge on any atom is 0.257 e. The molecule has 8 heteroatoms. The molecule has 118 valence electrons. The van der Waals surface area contributed by atoms with Gasteiger partial charge in [-0.1, -0.05) is 0 Å². The van der Waals surface area contributed by atoms with Crippen molar-refractivity contribution in [3.05, 3.63) is 33.6 Å². The van der Waals surface area contributed by atoms with E-state index in [0.29, 0.717) is 23.5 Å². The summed E-state index contributed by atoms with van der Waals surface area (Å²) in [5.74, 6) is 1.48. The SMILES string of the molecule is COc1cc(Cc2c(N)nc(N)[nH]c2=O)cc(OC)c1SC. The van der Waals surface area contributed by atoms with Crippen molar-refractivity contribution in [2.24, 2.45) is 0 Å². The molecule has 22 heavy (non-hydrogen) atoms. The van der Waals surface area contributed by atoms with Crippen molar-refractivity contribution in [2.45, 2.75) is 11.3 Å². The molecule has 0 aliphatic carbocycles. The number of aromatic amines is 1. The summed E-state index contributed by atoms with van der Waals surface area (Å²) >= 11 is 1.52. The highest BCUT2D eigenvalue weighted by Gasteiger charge is 2.15. The Balaban J connectivity index is 2.49. The monoisotopic (exact) mass is 322 g/mol. The van der Waals surface area contributed by atoms with Crippen molar-refractivity contribution in [1.29, 1.82) is 0 Å². The van der Waals surface area contributed by atoms with Crippen LogP contribution in [0.5, 0.6) is 11.5 Å². The lowest BCUT2D eigenvalue weighted by Gasteiger charge is -2.14. The van der Waals surface area contributed by atoms with E-state index in [4.69, 9.17) is 20.9 Å².